The van der Waals surface area contributed by atoms with Gasteiger partial charge in [0.05, 0.1) is 11.8 Å². The molecule has 0 aliphatic carbocycles. The molecule has 5 heteroatoms. The minimum absolute atomic E-state index is 0.278. The molecule has 104 valence electrons. The summed E-state index contributed by atoms with van der Waals surface area (Å²) < 4.78 is 2.03. The Labute approximate surface area is 121 Å². The largest absolute Gasteiger partial charge is 0.350 e. The molecule has 0 unspecified atom stereocenters. The molecule has 0 aliphatic rings. The maximum Gasteiger partial charge on any atom is 0.272 e. The molecule has 0 saturated carbocycles. The van der Waals surface area contributed by atoms with Gasteiger partial charge in [-0.1, -0.05) is 18.2 Å². The SMILES string of the molecule is Cn1cc(/C=N\NC(=O)c2cccnc2)c2ccccc21. The highest BCUT2D eigenvalue weighted by atomic mass is 16.2. The molecule has 0 saturated heterocycles. The summed E-state index contributed by atoms with van der Waals surface area (Å²) in [6, 6.07) is 11.4. The molecule has 3 rings (SSSR count). The van der Waals surface area contributed by atoms with E-state index in [1.807, 2.05) is 42.1 Å². The van der Waals surface area contributed by atoms with Crippen molar-refractivity contribution in [3.8, 4) is 0 Å². The first-order valence-corrected chi connectivity index (χ1v) is 6.53. The van der Waals surface area contributed by atoms with Crippen molar-refractivity contribution in [1.29, 1.82) is 0 Å². The second kappa shape index (κ2) is 5.58. The van der Waals surface area contributed by atoms with Gasteiger partial charge in [-0.2, -0.15) is 5.10 Å². The van der Waals surface area contributed by atoms with Crippen LogP contribution in [0, 0.1) is 0 Å². The zero-order valence-corrected chi connectivity index (χ0v) is 11.5. The van der Waals surface area contributed by atoms with Crippen molar-refractivity contribution < 1.29 is 4.79 Å². The summed E-state index contributed by atoms with van der Waals surface area (Å²) in [4.78, 5) is 15.7. The number of carbonyl (C=O) groups excluding carboxylic acids is 1. The van der Waals surface area contributed by atoms with Crippen molar-refractivity contribution in [2.75, 3.05) is 0 Å². The van der Waals surface area contributed by atoms with E-state index in [1.54, 1.807) is 24.5 Å². The highest BCUT2D eigenvalue weighted by Gasteiger charge is 2.05. The van der Waals surface area contributed by atoms with E-state index in [9.17, 15) is 4.79 Å². The fourth-order valence-corrected chi connectivity index (χ4v) is 2.20. The highest BCUT2D eigenvalue weighted by molar-refractivity contribution is 6.00. The quantitative estimate of drug-likeness (QED) is 0.590. The first kappa shape index (κ1) is 13.1. The number of benzene rings is 1. The van der Waals surface area contributed by atoms with Crippen LogP contribution < -0.4 is 5.43 Å². The van der Waals surface area contributed by atoms with Crippen LogP contribution in [0.15, 0.2) is 60.1 Å². The Balaban J connectivity index is 1.78. The maximum absolute atomic E-state index is 11.8. The maximum atomic E-state index is 11.8. The lowest BCUT2D eigenvalue weighted by molar-refractivity contribution is 0.0955. The number of carbonyl (C=O) groups is 1. The molecule has 21 heavy (non-hydrogen) atoms. The molecule has 0 radical (unpaired) electrons. The Hall–Kier alpha value is -2.95. The van der Waals surface area contributed by atoms with Gasteiger partial charge in [-0.15, -0.1) is 0 Å². The van der Waals surface area contributed by atoms with Gasteiger partial charge >= 0.3 is 0 Å². The van der Waals surface area contributed by atoms with Gasteiger partial charge < -0.3 is 4.57 Å². The molecular formula is C16H14N4O. The Morgan fingerprint density at radius 1 is 1.29 bits per heavy atom. The molecule has 1 N–H and O–H groups in total. The summed E-state index contributed by atoms with van der Waals surface area (Å²) in [7, 11) is 1.98. The second-order valence-electron chi connectivity index (χ2n) is 4.65. The van der Waals surface area contributed by atoms with Crippen molar-refractivity contribution in [2.45, 2.75) is 0 Å². The van der Waals surface area contributed by atoms with E-state index in [4.69, 9.17) is 0 Å². The van der Waals surface area contributed by atoms with E-state index in [2.05, 4.69) is 15.5 Å². The van der Waals surface area contributed by atoms with E-state index in [0.717, 1.165) is 16.5 Å². The molecule has 1 aromatic carbocycles. The Bertz CT molecular complexity index is 806. The number of nitrogens with zero attached hydrogens (tertiary/aromatic N) is 3. The number of nitrogens with one attached hydrogen (secondary N) is 1. The molecule has 0 spiro atoms. The first-order valence-electron chi connectivity index (χ1n) is 6.53. The number of pyridine rings is 1. The molecule has 2 aromatic heterocycles. The number of para-hydroxylation sites is 1. The zero-order chi connectivity index (χ0) is 14.7. The Morgan fingerprint density at radius 3 is 2.95 bits per heavy atom. The molecule has 5 nitrogen and oxygen atoms in total. The number of aryl methyl sites for hydroxylation is 1. The number of hydrogen-bond donors (Lipinski definition) is 1. The third-order valence-electron chi connectivity index (χ3n) is 3.22. The molecular weight excluding hydrogens is 264 g/mol. The summed E-state index contributed by atoms with van der Waals surface area (Å²) >= 11 is 0. The number of hydrogen-bond acceptors (Lipinski definition) is 3. The average Bonchev–Trinajstić information content (AvgIpc) is 2.85. The van der Waals surface area contributed by atoms with E-state index >= 15 is 0 Å². The number of aromatic nitrogens is 2. The van der Waals surface area contributed by atoms with Gasteiger partial charge in [-0.25, -0.2) is 5.43 Å². The fraction of sp³-hybridized carbons (Fsp3) is 0.0625. The van der Waals surface area contributed by atoms with Crippen molar-refractivity contribution in [2.24, 2.45) is 12.1 Å². The Kier molecular flexibility index (Phi) is 3.47. The topological polar surface area (TPSA) is 59.3 Å². The second-order valence-corrected chi connectivity index (χ2v) is 4.65. The third-order valence-corrected chi connectivity index (χ3v) is 3.22. The van der Waals surface area contributed by atoms with E-state index in [-0.39, 0.29) is 5.91 Å². The number of fused-ring (bicyclic) bond motifs is 1. The summed E-state index contributed by atoms with van der Waals surface area (Å²) in [6.07, 6.45) is 6.75. The van der Waals surface area contributed by atoms with Gasteiger partial charge in [0.1, 0.15) is 0 Å². The van der Waals surface area contributed by atoms with Gasteiger partial charge in [0.15, 0.2) is 0 Å². The van der Waals surface area contributed by atoms with Crippen molar-refractivity contribution in [3.63, 3.8) is 0 Å². The van der Waals surface area contributed by atoms with E-state index < -0.39 is 0 Å². The monoisotopic (exact) mass is 278 g/mol. The van der Waals surface area contributed by atoms with E-state index in [1.165, 1.54) is 6.20 Å². The van der Waals surface area contributed by atoms with Crippen molar-refractivity contribution in [3.05, 3.63) is 66.1 Å². The summed E-state index contributed by atoms with van der Waals surface area (Å²) in [6.45, 7) is 0. The fourth-order valence-electron chi connectivity index (χ4n) is 2.20. The minimum atomic E-state index is -0.278. The van der Waals surface area contributed by atoms with Gasteiger partial charge in [-0.3, -0.25) is 9.78 Å². The van der Waals surface area contributed by atoms with Crippen LogP contribution in [-0.4, -0.2) is 21.7 Å². The summed E-state index contributed by atoms with van der Waals surface area (Å²) in [5, 5.41) is 5.11. The van der Waals surface area contributed by atoms with Crippen LogP contribution in [0.25, 0.3) is 10.9 Å². The summed E-state index contributed by atoms with van der Waals surface area (Å²) in [5.41, 5.74) is 5.06. The van der Waals surface area contributed by atoms with Gasteiger partial charge in [0.2, 0.25) is 0 Å². The highest BCUT2D eigenvalue weighted by Crippen LogP contribution is 2.18. The lowest BCUT2D eigenvalue weighted by atomic mass is 10.2. The van der Waals surface area contributed by atoms with Crippen molar-refractivity contribution >= 4 is 23.0 Å². The molecule has 1 amide bonds. The van der Waals surface area contributed by atoms with Crippen LogP contribution >= 0.6 is 0 Å². The predicted molar refractivity (Wildman–Crippen MR) is 82.2 cm³/mol. The molecule has 3 aromatic rings. The average molecular weight is 278 g/mol. The minimum Gasteiger partial charge on any atom is -0.350 e. The lowest BCUT2D eigenvalue weighted by Crippen LogP contribution is -2.17. The van der Waals surface area contributed by atoms with Crippen LogP contribution in [0.2, 0.25) is 0 Å². The van der Waals surface area contributed by atoms with Gasteiger partial charge in [-0.05, 0) is 18.2 Å². The normalized spacial score (nSPS) is 11.1. The lowest BCUT2D eigenvalue weighted by Gasteiger charge is -1.97. The smallest absolute Gasteiger partial charge is 0.272 e. The van der Waals surface area contributed by atoms with Gasteiger partial charge in [0, 0.05) is 42.1 Å². The van der Waals surface area contributed by atoms with Crippen LogP contribution in [0.5, 0.6) is 0 Å². The number of hydrazone groups is 1. The van der Waals surface area contributed by atoms with Crippen LogP contribution in [0.1, 0.15) is 15.9 Å². The van der Waals surface area contributed by atoms with Crippen LogP contribution in [0.4, 0.5) is 0 Å². The van der Waals surface area contributed by atoms with E-state index in [0.29, 0.717) is 5.56 Å². The zero-order valence-electron chi connectivity index (χ0n) is 11.5. The molecule has 0 aliphatic heterocycles. The molecule has 0 bridgehead atoms. The van der Waals surface area contributed by atoms with Crippen LogP contribution in [0.3, 0.4) is 0 Å². The van der Waals surface area contributed by atoms with Crippen molar-refractivity contribution in [1.82, 2.24) is 15.0 Å². The molecule has 0 fully saturated rings. The number of rotatable bonds is 3. The number of amides is 1. The predicted octanol–water partition coefficient (Wildman–Crippen LogP) is 2.34. The van der Waals surface area contributed by atoms with Gasteiger partial charge in [0.25, 0.3) is 5.91 Å². The summed E-state index contributed by atoms with van der Waals surface area (Å²) in [5.74, 6) is -0.278. The standard InChI is InChI=1S/C16H14N4O/c1-20-11-13(14-6-2-3-7-15(14)20)10-18-19-16(21)12-5-4-8-17-9-12/h2-11H,1H3,(H,19,21)/b18-10-. The van der Waals surface area contributed by atoms with Crippen LogP contribution in [-0.2, 0) is 7.05 Å². The first-order chi connectivity index (χ1) is 10.3. The Morgan fingerprint density at radius 2 is 2.14 bits per heavy atom. The molecule has 0 atom stereocenters. The molecule has 2 heterocycles. The third kappa shape index (κ3) is 2.67.